The number of aromatic nitrogens is 3. The second-order valence-electron chi connectivity index (χ2n) is 6.98. The van der Waals surface area contributed by atoms with Gasteiger partial charge in [-0.15, -0.1) is 10.2 Å². The molecule has 3 rings (SSSR count). The summed E-state index contributed by atoms with van der Waals surface area (Å²) in [5.41, 5.74) is 0.742. The number of carbonyl (C=O) groups excluding carboxylic acids is 2. The van der Waals surface area contributed by atoms with Crippen LogP contribution in [0.3, 0.4) is 0 Å². The van der Waals surface area contributed by atoms with E-state index in [0.717, 1.165) is 11.8 Å². The van der Waals surface area contributed by atoms with Crippen molar-refractivity contribution in [3.05, 3.63) is 70.0 Å². The number of thioether (sulfide) groups is 1. The summed E-state index contributed by atoms with van der Waals surface area (Å²) < 4.78 is 6.66. The van der Waals surface area contributed by atoms with Crippen molar-refractivity contribution in [1.82, 2.24) is 20.1 Å². The van der Waals surface area contributed by atoms with Gasteiger partial charge >= 0.3 is 0 Å². The second kappa shape index (κ2) is 11.2. The fraction of sp³-hybridized carbons (Fsp3) is 0.238. The summed E-state index contributed by atoms with van der Waals surface area (Å²) in [4.78, 5) is 35.0. The summed E-state index contributed by atoms with van der Waals surface area (Å²) in [5, 5.41) is 34.4. The fourth-order valence-electron chi connectivity index (χ4n) is 2.92. The first-order valence-corrected chi connectivity index (χ1v) is 10.9. The highest BCUT2D eigenvalue weighted by molar-refractivity contribution is 7.99. The van der Waals surface area contributed by atoms with Gasteiger partial charge in [-0.05, 0) is 36.4 Å². The number of hydrogen-bond acceptors (Lipinski definition) is 9. The zero-order chi connectivity index (χ0) is 24.7. The monoisotopic (exact) mass is 486 g/mol. The molecule has 0 aliphatic carbocycles. The number of nitro groups is 1. The van der Waals surface area contributed by atoms with Gasteiger partial charge in [0.15, 0.2) is 11.0 Å². The molecule has 3 N–H and O–H groups in total. The van der Waals surface area contributed by atoms with Gasteiger partial charge in [0.1, 0.15) is 11.8 Å². The van der Waals surface area contributed by atoms with Crippen LogP contribution in [0.1, 0.15) is 22.2 Å². The minimum absolute atomic E-state index is 0.00492. The smallest absolute Gasteiger partial charge is 0.269 e. The van der Waals surface area contributed by atoms with Gasteiger partial charge in [-0.25, -0.2) is 0 Å². The molecule has 0 saturated carbocycles. The predicted octanol–water partition coefficient (Wildman–Crippen LogP) is 1.93. The lowest BCUT2D eigenvalue weighted by Crippen LogP contribution is -2.32. The zero-order valence-electron chi connectivity index (χ0n) is 18.3. The molecule has 1 heterocycles. The van der Waals surface area contributed by atoms with E-state index < -0.39 is 23.5 Å². The number of anilines is 1. The maximum Gasteiger partial charge on any atom is 0.269 e. The maximum absolute atomic E-state index is 12.5. The van der Waals surface area contributed by atoms with E-state index in [1.807, 2.05) is 0 Å². The van der Waals surface area contributed by atoms with Crippen molar-refractivity contribution in [2.24, 2.45) is 7.05 Å². The third kappa shape index (κ3) is 6.08. The molecular formula is C21H22N6O6S. The third-order valence-electron chi connectivity index (χ3n) is 4.71. The molecule has 0 spiro atoms. The van der Waals surface area contributed by atoms with Crippen LogP contribution in [-0.4, -0.2) is 56.1 Å². The third-order valence-corrected chi connectivity index (χ3v) is 5.73. The van der Waals surface area contributed by atoms with Crippen molar-refractivity contribution in [3.63, 3.8) is 0 Å². The number of amides is 2. The van der Waals surface area contributed by atoms with Gasteiger partial charge in [-0.2, -0.15) is 0 Å². The number of aliphatic hydroxyl groups is 1. The Balaban J connectivity index is 1.59. The number of aliphatic hydroxyl groups excluding tert-OH is 1. The molecule has 0 saturated heterocycles. The van der Waals surface area contributed by atoms with Gasteiger partial charge in [0.25, 0.3) is 11.6 Å². The van der Waals surface area contributed by atoms with Crippen LogP contribution < -0.4 is 15.4 Å². The Morgan fingerprint density at radius 1 is 1.18 bits per heavy atom. The van der Waals surface area contributed by atoms with E-state index >= 15 is 0 Å². The van der Waals surface area contributed by atoms with E-state index in [-0.39, 0.29) is 17.3 Å². The quantitative estimate of drug-likeness (QED) is 0.221. The number of nitro benzene ring substituents is 1. The number of ether oxygens (including phenoxy) is 1. The first-order chi connectivity index (χ1) is 16.3. The molecule has 13 heteroatoms. The van der Waals surface area contributed by atoms with Gasteiger partial charge in [-0.1, -0.05) is 11.8 Å². The second-order valence-corrected chi connectivity index (χ2v) is 7.92. The Labute approximate surface area is 198 Å². The van der Waals surface area contributed by atoms with Crippen LogP contribution in [0.15, 0.2) is 53.7 Å². The van der Waals surface area contributed by atoms with Crippen LogP contribution in [0.2, 0.25) is 0 Å². The summed E-state index contributed by atoms with van der Waals surface area (Å²) in [6.45, 7) is -0.404. The Morgan fingerprint density at radius 2 is 1.85 bits per heavy atom. The number of nitrogens with one attached hydrogen (secondary N) is 2. The number of nitrogens with zero attached hydrogens (tertiary/aromatic N) is 4. The van der Waals surface area contributed by atoms with E-state index in [9.17, 15) is 24.8 Å². The first-order valence-electron chi connectivity index (χ1n) is 9.94. The van der Waals surface area contributed by atoms with Crippen LogP contribution in [0.5, 0.6) is 5.75 Å². The number of carbonyl (C=O) groups is 2. The summed E-state index contributed by atoms with van der Waals surface area (Å²) in [6.07, 6.45) is 0. The Kier molecular flexibility index (Phi) is 8.16. The van der Waals surface area contributed by atoms with Crippen molar-refractivity contribution < 1.29 is 24.4 Å². The zero-order valence-corrected chi connectivity index (χ0v) is 19.1. The molecule has 12 nitrogen and oxygen atoms in total. The summed E-state index contributed by atoms with van der Waals surface area (Å²) in [6, 6.07) is 11.2. The van der Waals surface area contributed by atoms with Gasteiger partial charge in [0.2, 0.25) is 5.91 Å². The number of benzene rings is 2. The summed E-state index contributed by atoms with van der Waals surface area (Å²) in [5.74, 6) is 0.201. The van der Waals surface area contributed by atoms with E-state index in [1.54, 1.807) is 35.9 Å². The van der Waals surface area contributed by atoms with Gasteiger partial charge in [-0.3, -0.25) is 19.7 Å². The molecule has 2 aromatic carbocycles. The molecule has 0 aliphatic rings. The van der Waals surface area contributed by atoms with Gasteiger partial charge < -0.3 is 25.0 Å². The maximum atomic E-state index is 12.5. The van der Waals surface area contributed by atoms with E-state index in [0.29, 0.717) is 28.0 Å². The summed E-state index contributed by atoms with van der Waals surface area (Å²) in [7, 11) is 3.19. The average molecular weight is 487 g/mol. The van der Waals surface area contributed by atoms with Crippen LogP contribution in [0.4, 0.5) is 11.4 Å². The highest BCUT2D eigenvalue weighted by Gasteiger charge is 2.22. The Morgan fingerprint density at radius 3 is 2.44 bits per heavy atom. The average Bonchev–Trinajstić information content (AvgIpc) is 3.21. The molecule has 178 valence electrons. The normalized spacial score (nSPS) is 11.5. The van der Waals surface area contributed by atoms with Gasteiger partial charge in [0, 0.05) is 30.4 Å². The highest BCUT2D eigenvalue weighted by Crippen LogP contribution is 2.21. The molecule has 3 aromatic rings. The van der Waals surface area contributed by atoms with Crippen molar-refractivity contribution in [3.8, 4) is 5.75 Å². The molecule has 0 bridgehead atoms. The van der Waals surface area contributed by atoms with Crippen LogP contribution in [0.25, 0.3) is 0 Å². The molecule has 34 heavy (non-hydrogen) atoms. The Bertz CT molecular complexity index is 1170. The molecule has 0 fully saturated rings. The summed E-state index contributed by atoms with van der Waals surface area (Å²) >= 11 is 1.11. The Hall–Kier alpha value is -3.97. The number of non-ortho nitro benzene ring substituents is 1. The van der Waals surface area contributed by atoms with Crippen molar-refractivity contribution in [1.29, 1.82) is 0 Å². The lowest BCUT2D eigenvalue weighted by molar-refractivity contribution is -0.384. The highest BCUT2D eigenvalue weighted by atomic mass is 32.2. The van der Waals surface area contributed by atoms with E-state index in [4.69, 9.17) is 4.74 Å². The van der Waals surface area contributed by atoms with Crippen LogP contribution in [-0.2, 0) is 11.8 Å². The predicted molar refractivity (Wildman–Crippen MR) is 124 cm³/mol. The standard InChI is InChI=1S/C21H22N6O6S/c1-26-19(17(11-28)23-20(30)13-3-9-16(33-2)10-4-13)24-25-21(26)34-12-18(29)22-14-5-7-15(8-6-14)27(31)32/h3-10,17,28H,11-12H2,1-2H3,(H,22,29)(H,23,30). The lowest BCUT2D eigenvalue weighted by Gasteiger charge is -2.16. The minimum atomic E-state index is -0.810. The molecular weight excluding hydrogens is 464 g/mol. The molecule has 0 aliphatic heterocycles. The lowest BCUT2D eigenvalue weighted by atomic mass is 10.2. The SMILES string of the molecule is COc1ccc(C(=O)NC(CO)c2nnc(SCC(=O)Nc3ccc([N+](=O)[O-])cc3)n2C)cc1. The van der Waals surface area contributed by atoms with Crippen LogP contribution in [0, 0.1) is 10.1 Å². The number of methoxy groups -OCH3 is 1. The van der Waals surface area contributed by atoms with Crippen molar-refractivity contribution >= 4 is 35.0 Å². The molecule has 2 amide bonds. The molecule has 1 aromatic heterocycles. The molecule has 1 unspecified atom stereocenters. The fourth-order valence-corrected chi connectivity index (χ4v) is 3.64. The largest absolute Gasteiger partial charge is 0.497 e. The number of hydrogen-bond donors (Lipinski definition) is 3. The van der Waals surface area contributed by atoms with Crippen molar-refractivity contribution in [2.45, 2.75) is 11.2 Å². The van der Waals surface area contributed by atoms with Gasteiger partial charge in [0.05, 0.1) is 24.4 Å². The van der Waals surface area contributed by atoms with E-state index in [2.05, 4.69) is 20.8 Å². The topological polar surface area (TPSA) is 162 Å². The van der Waals surface area contributed by atoms with Crippen molar-refractivity contribution in [2.75, 3.05) is 24.8 Å². The van der Waals surface area contributed by atoms with E-state index in [1.165, 1.54) is 31.4 Å². The molecule has 0 radical (unpaired) electrons. The number of rotatable bonds is 10. The first kappa shape index (κ1) is 24.7. The minimum Gasteiger partial charge on any atom is -0.497 e. The molecule has 1 atom stereocenters. The van der Waals surface area contributed by atoms with Crippen LogP contribution >= 0.6 is 11.8 Å².